The number of rotatable bonds is 2. The molecule has 0 saturated carbocycles. The van der Waals surface area contributed by atoms with Crippen LogP contribution in [0.3, 0.4) is 0 Å². The summed E-state index contributed by atoms with van der Waals surface area (Å²) in [6.45, 7) is 16.2. The predicted octanol–water partition coefficient (Wildman–Crippen LogP) is 4.28. The number of hydrogen-bond acceptors (Lipinski definition) is 4. The van der Waals surface area contributed by atoms with Gasteiger partial charge in [-0.05, 0) is 12.1 Å². The van der Waals surface area contributed by atoms with Gasteiger partial charge in [-0.15, -0.1) is 28.9 Å². The molecule has 127 valence electrons. The van der Waals surface area contributed by atoms with Gasteiger partial charge in [0.1, 0.15) is 6.33 Å². The van der Waals surface area contributed by atoms with E-state index in [1.807, 2.05) is 6.07 Å². The largest absolute Gasteiger partial charge is 0.488 e. The van der Waals surface area contributed by atoms with Crippen LogP contribution in [0.2, 0.25) is 0 Å². The fourth-order valence-corrected chi connectivity index (χ4v) is 2.57. The van der Waals surface area contributed by atoms with Gasteiger partial charge in [-0.3, -0.25) is 0 Å². The van der Waals surface area contributed by atoms with Crippen LogP contribution in [0.25, 0.3) is 37.9 Å². The normalized spacial score (nSPS) is 10.1. The maximum absolute atomic E-state index is 7.20. The molecule has 0 aliphatic heterocycles. The SMILES string of the molecule is [C-]#[N+]c1cc([N+]#[C-])cc(-n2cnnc2-c2[c-]cc3oc(C)nc3c2)c1.[Ir]. The number of aryl methyl sites for hydroxylation is 1. The van der Waals surface area contributed by atoms with Gasteiger partial charge in [-0.25, -0.2) is 14.7 Å². The summed E-state index contributed by atoms with van der Waals surface area (Å²) in [6, 6.07) is 11.6. The number of nitrogens with zero attached hydrogens (tertiary/aromatic N) is 6. The van der Waals surface area contributed by atoms with E-state index >= 15 is 0 Å². The van der Waals surface area contributed by atoms with E-state index in [2.05, 4.69) is 30.9 Å². The van der Waals surface area contributed by atoms with Crippen molar-refractivity contribution in [2.75, 3.05) is 0 Å². The molecular weight excluding hydrogens is 508 g/mol. The van der Waals surface area contributed by atoms with Crippen LogP contribution >= 0.6 is 0 Å². The summed E-state index contributed by atoms with van der Waals surface area (Å²) in [4.78, 5) is 11.2. The quantitative estimate of drug-likeness (QED) is 0.373. The van der Waals surface area contributed by atoms with Crippen LogP contribution < -0.4 is 0 Å². The Hall–Kier alpha value is -3.32. The Bertz CT molecular complexity index is 1160. The molecule has 0 N–H and O–H groups in total. The molecule has 7 nitrogen and oxygen atoms in total. The summed E-state index contributed by atoms with van der Waals surface area (Å²) >= 11 is 0. The summed E-state index contributed by atoms with van der Waals surface area (Å²) in [5.41, 5.74) is 3.46. The van der Waals surface area contributed by atoms with E-state index in [1.54, 1.807) is 35.8 Å². The molecule has 26 heavy (non-hydrogen) atoms. The smallest absolute Gasteiger partial charge is 0.180 e. The Labute approximate surface area is 162 Å². The average Bonchev–Trinajstić information content (AvgIpc) is 3.25. The zero-order valence-electron chi connectivity index (χ0n) is 13.4. The van der Waals surface area contributed by atoms with Gasteiger partial charge >= 0.3 is 0 Å². The van der Waals surface area contributed by atoms with Crippen molar-refractivity contribution in [3.05, 3.63) is 71.5 Å². The van der Waals surface area contributed by atoms with Crippen LogP contribution in [-0.2, 0) is 20.1 Å². The molecule has 0 amide bonds. The Kier molecular flexibility index (Phi) is 4.64. The molecule has 2 aromatic heterocycles. The minimum Gasteiger partial charge on any atom is -0.488 e. The molecule has 0 aliphatic rings. The molecule has 0 saturated heterocycles. The Morgan fingerprint density at radius 3 is 2.54 bits per heavy atom. The predicted molar refractivity (Wildman–Crippen MR) is 90.5 cm³/mol. The van der Waals surface area contributed by atoms with Gasteiger partial charge in [0, 0.05) is 38.2 Å². The topological polar surface area (TPSA) is 65.5 Å². The number of oxazole rings is 1. The zero-order valence-corrected chi connectivity index (χ0v) is 15.8. The van der Waals surface area contributed by atoms with E-state index in [9.17, 15) is 0 Å². The molecular formula is C18H9IrN6O-. The van der Waals surface area contributed by atoms with E-state index in [0.717, 1.165) is 0 Å². The molecule has 4 aromatic rings. The molecule has 0 spiro atoms. The van der Waals surface area contributed by atoms with Gasteiger partial charge < -0.3 is 8.98 Å². The maximum Gasteiger partial charge on any atom is 0.180 e. The van der Waals surface area contributed by atoms with Crippen molar-refractivity contribution in [3.63, 3.8) is 0 Å². The van der Waals surface area contributed by atoms with Crippen LogP contribution in [0.15, 0.2) is 41.1 Å². The zero-order chi connectivity index (χ0) is 17.4. The van der Waals surface area contributed by atoms with Crippen LogP contribution in [-0.4, -0.2) is 19.7 Å². The van der Waals surface area contributed by atoms with Crippen molar-refractivity contribution < 1.29 is 24.5 Å². The molecule has 1 radical (unpaired) electrons. The first kappa shape index (κ1) is 17.5. The summed E-state index contributed by atoms with van der Waals surface area (Å²) in [5.74, 6) is 1.12. The second kappa shape index (κ2) is 6.89. The summed E-state index contributed by atoms with van der Waals surface area (Å²) in [5, 5.41) is 8.12. The third kappa shape index (κ3) is 3.00. The van der Waals surface area contributed by atoms with E-state index in [-0.39, 0.29) is 20.1 Å². The van der Waals surface area contributed by atoms with Gasteiger partial charge in [-0.1, -0.05) is 6.07 Å². The Morgan fingerprint density at radius 2 is 1.85 bits per heavy atom. The van der Waals surface area contributed by atoms with Crippen molar-refractivity contribution >= 4 is 22.5 Å². The number of aromatic nitrogens is 4. The molecule has 0 atom stereocenters. The van der Waals surface area contributed by atoms with Gasteiger partial charge in [0.05, 0.1) is 24.6 Å². The van der Waals surface area contributed by atoms with Gasteiger partial charge in [0.2, 0.25) is 0 Å². The molecule has 0 bridgehead atoms. The maximum atomic E-state index is 7.20. The number of fused-ring (bicyclic) bond motifs is 1. The van der Waals surface area contributed by atoms with Crippen molar-refractivity contribution in [3.8, 4) is 17.1 Å². The van der Waals surface area contributed by atoms with Crippen LogP contribution in [0.5, 0.6) is 0 Å². The van der Waals surface area contributed by atoms with E-state index in [1.165, 1.54) is 6.33 Å². The molecule has 4 rings (SSSR count). The van der Waals surface area contributed by atoms with Crippen LogP contribution in [0.4, 0.5) is 11.4 Å². The fourth-order valence-electron chi connectivity index (χ4n) is 2.57. The second-order valence-corrected chi connectivity index (χ2v) is 5.28. The third-order valence-electron chi connectivity index (χ3n) is 3.64. The number of benzene rings is 2. The van der Waals surface area contributed by atoms with Crippen molar-refractivity contribution in [1.82, 2.24) is 19.7 Å². The Morgan fingerprint density at radius 1 is 1.12 bits per heavy atom. The summed E-state index contributed by atoms with van der Waals surface area (Å²) < 4.78 is 7.18. The Balaban J connectivity index is 0.00000196. The monoisotopic (exact) mass is 518 g/mol. The standard InChI is InChI=1S/C18H9N6O.Ir/c1-11-22-16-6-12(4-5-17(16)25-11)18-23-21-10-24(18)15-8-13(19-2)7-14(9-15)20-3;/h5-10H,1H3;/q-1;. The minimum atomic E-state index is 0. The molecule has 8 heteroatoms. The van der Waals surface area contributed by atoms with Gasteiger partial charge in [0.15, 0.2) is 17.3 Å². The van der Waals surface area contributed by atoms with E-state index in [0.29, 0.717) is 45.4 Å². The summed E-state index contributed by atoms with van der Waals surface area (Å²) in [6.07, 6.45) is 1.54. The van der Waals surface area contributed by atoms with Crippen LogP contribution in [0.1, 0.15) is 5.89 Å². The fraction of sp³-hybridized carbons (Fsp3) is 0.0556. The van der Waals surface area contributed by atoms with Crippen molar-refractivity contribution in [1.29, 1.82) is 0 Å². The van der Waals surface area contributed by atoms with Crippen LogP contribution in [0, 0.1) is 26.1 Å². The molecule has 2 aromatic carbocycles. The van der Waals surface area contributed by atoms with E-state index < -0.39 is 0 Å². The molecule has 0 fully saturated rings. The van der Waals surface area contributed by atoms with Gasteiger partial charge in [-0.2, -0.15) is 5.10 Å². The molecule has 2 heterocycles. The van der Waals surface area contributed by atoms with E-state index in [4.69, 9.17) is 17.6 Å². The average molecular weight is 518 g/mol. The second-order valence-electron chi connectivity index (χ2n) is 5.28. The van der Waals surface area contributed by atoms with Crippen molar-refractivity contribution in [2.24, 2.45) is 0 Å². The third-order valence-corrected chi connectivity index (χ3v) is 3.64. The molecule has 0 unspecified atom stereocenters. The van der Waals surface area contributed by atoms with Gasteiger partial charge in [0.25, 0.3) is 0 Å². The molecule has 0 aliphatic carbocycles. The number of hydrogen-bond donors (Lipinski definition) is 0. The first-order valence-corrected chi connectivity index (χ1v) is 7.27. The first-order valence-electron chi connectivity index (χ1n) is 7.27. The van der Waals surface area contributed by atoms with Crippen molar-refractivity contribution in [2.45, 2.75) is 6.92 Å². The first-order chi connectivity index (χ1) is 12.2. The summed E-state index contributed by atoms with van der Waals surface area (Å²) in [7, 11) is 0. The minimum absolute atomic E-state index is 0.